The molecule has 3 aromatic carbocycles. The van der Waals surface area contributed by atoms with Crippen LogP contribution in [0.1, 0.15) is 59.2 Å². The van der Waals surface area contributed by atoms with E-state index in [0.29, 0.717) is 16.6 Å². The molecule has 182 valence electrons. The Labute approximate surface area is 214 Å². The number of anilines is 1. The van der Waals surface area contributed by atoms with Gasteiger partial charge in [0.1, 0.15) is 5.76 Å². The number of ketones is 1. The zero-order chi connectivity index (χ0) is 25.7. The summed E-state index contributed by atoms with van der Waals surface area (Å²) in [7, 11) is 0. The van der Waals surface area contributed by atoms with Crippen molar-refractivity contribution in [2.75, 3.05) is 4.90 Å². The Hall–Kier alpha value is -3.77. The van der Waals surface area contributed by atoms with E-state index in [0.717, 1.165) is 38.0 Å². The number of aromatic nitrogens is 1. The van der Waals surface area contributed by atoms with E-state index in [1.165, 1.54) is 16.2 Å². The highest BCUT2D eigenvalue weighted by atomic mass is 32.1. The molecule has 4 aromatic rings. The van der Waals surface area contributed by atoms with Crippen LogP contribution in [0.15, 0.2) is 66.2 Å². The molecule has 1 aromatic heterocycles. The molecule has 0 saturated carbocycles. The van der Waals surface area contributed by atoms with Crippen molar-refractivity contribution in [2.45, 2.75) is 46.6 Å². The van der Waals surface area contributed by atoms with E-state index in [9.17, 15) is 14.7 Å². The van der Waals surface area contributed by atoms with Gasteiger partial charge in [-0.3, -0.25) is 14.5 Å². The number of Topliss-reactive ketones (excluding diaryl/α,β-unsaturated/α-hetero) is 1. The molecule has 1 aliphatic rings. The topological polar surface area (TPSA) is 70.5 Å². The Bertz CT molecular complexity index is 1530. The number of benzene rings is 3. The molecule has 5 nitrogen and oxygen atoms in total. The van der Waals surface area contributed by atoms with E-state index in [-0.39, 0.29) is 11.3 Å². The molecule has 0 aliphatic carbocycles. The number of nitrogens with zero attached hydrogens (tertiary/aromatic N) is 2. The Morgan fingerprint density at radius 1 is 0.944 bits per heavy atom. The molecule has 0 bridgehead atoms. The van der Waals surface area contributed by atoms with Gasteiger partial charge in [-0.15, -0.1) is 0 Å². The number of aliphatic hydroxyl groups is 1. The van der Waals surface area contributed by atoms with Gasteiger partial charge in [0, 0.05) is 5.56 Å². The maximum Gasteiger partial charge on any atom is 0.301 e. The molecule has 1 N–H and O–H groups in total. The van der Waals surface area contributed by atoms with Crippen LogP contribution in [0.2, 0.25) is 0 Å². The molecule has 0 radical (unpaired) electrons. The van der Waals surface area contributed by atoms with Crippen LogP contribution in [0, 0.1) is 20.8 Å². The average molecular weight is 497 g/mol. The molecule has 1 aliphatic heterocycles. The molecule has 36 heavy (non-hydrogen) atoms. The second-order valence-electron chi connectivity index (χ2n) is 9.78. The molecule has 2 heterocycles. The molecular weight excluding hydrogens is 468 g/mol. The lowest BCUT2D eigenvalue weighted by molar-refractivity contribution is -0.132. The Balaban J connectivity index is 1.73. The first-order valence-electron chi connectivity index (χ1n) is 12.0. The summed E-state index contributed by atoms with van der Waals surface area (Å²) in [6.45, 7) is 10.2. The molecule has 1 unspecified atom stereocenters. The summed E-state index contributed by atoms with van der Waals surface area (Å²) in [6, 6.07) is 18.5. The largest absolute Gasteiger partial charge is 0.507 e. The third kappa shape index (κ3) is 4.01. The Morgan fingerprint density at radius 3 is 2.25 bits per heavy atom. The van der Waals surface area contributed by atoms with Gasteiger partial charge < -0.3 is 5.11 Å². The number of aliphatic hydroxyl groups excluding tert-OH is 1. The summed E-state index contributed by atoms with van der Waals surface area (Å²) in [5, 5.41) is 11.8. The monoisotopic (exact) mass is 496 g/mol. The first-order chi connectivity index (χ1) is 17.2. The number of thiazole rings is 1. The van der Waals surface area contributed by atoms with Crippen LogP contribution >= 0.6 is 11.3 Å². The van der Waals surface area contributed by atoms with Crippen molar-refractivity contribution in [3.05, 3.63) is 99.6 Å². The highest BCUT2D eigenvalue weighted by Gasteiger charge is 2.48. The van der Waals surface area contributed by atoms with E-state index in [2.05, 4.69) is 19.9 Å². The lowest BCUT2D eigenvalue weighted by Gasteiger charge is -2.23. The van der Waals surface area contributed by atoms with Gasteiger partial charge in [0.2, 0.25) is 0 Å². The van der Waals surface area contributed by atoms with E-state index in [1.807, 2.05) is 63.2 Å². The maximum absolute atomic E-state index is 13.5. The van der Waals surface area contributed by atoms with Crippen molar-refractivity contribution in [1.82, 2.24) is 4.98 Å². The molecular formula is C30H28N2O3S. The van der Waals surface area contributed by atoms with E-state index in [1.54, 1.807) is 12.1 Å². The molecule has 0 spiro atoms. The zero-order valence-corrected chi connectivity index (χ0v) is 21.8. The van der Waals surface area contributed by atoms with Crippen LogP contribution in [0.4, 0.5) is 5.13 Å². The van der Waals surface area contributed by atoms with Crippen molar-refractivity contribution < 1.29 is 14.7 Å². The fourth-order valence-electron chi connectivity index (χ4n) is 4.74. The molecule has 1 fully saturated rings. The van der Waals surface area contributed by atoms with Crippen molar-refractivity contribution in [3.8, 4) is 0 Å². The van der Waals surface area contributed by atoms with E-state index >= 15 is 0 Å². The minimum absolute atomic E-state index is 0.0771. The third-order valence-electron chi connectivity index (χ3n) is 6.71. The van der Waals surface area contributed by atoms with E-state index < -0.39 is 17.7 Å². The predicted molar refractivity (Wildman–Crippen MR) is 146 cm³/mol. The summed E-state index contributed by atoms with van der Waals surface area (Å²) < 4.78 is 0.955. The summed E-state index contributed by atoms with van der Waals surface area (Å²) in [6.07, 6.45) is 0. The Kier molecular flexibility index (Phi) is 6.00. The van der Waals surface area contributed by atoms with Gasteiger partial charge >= 0.3 is 5.91 Å². The minimum Gasteiger partial charge on any atom is -0.507 e. The summed E-state index contributed by atoms with van der Waals surface area (Å²) >= 11 is 1.38. The normalized spacial score (nSPS) is 17.5. The standard InChI is InChI=1S/C30H28N2O3S/c1-16(2)20-10-12-21(13-11-20)26-24(27(33)22-8-6-17(3)7-9-22)28(34)29(35)32(26)30-31-25-19(5)14-18(4)15-23(25)36-30/h6-16,26,33H,1-5H3. The Morgan fingerprint density at radius 2 is 1.61 bits per heavy atom. The fraction of sp³-hybridized carbons (Fsp3) is 0.233. The van der Waals surface area contributed by atoms with Crippen molar-refractivity contribution in [1.29, 1.82) is 0 Å². The highest BCUT2D eigenvalue weighted by Crippen LogP contribution is 2.45. The predicted octanol–water partition coefficient (Wildman–Crippen LogP) is 6.97. The van der Waals surface area contributed by atoms with Crippen LogP contribution in [0.5, 0.6) is 0 Å². The lowest BCUT2D eigenvalue weighted by Crippen LogP contribution is -2.29. The number of amides is 1. The number of hydrogen-bond acceptors (Lipinski definition) is 5. The first kappa shape index (κ1) is 23.9. The molecule has 5 rings (SSSR count). The van der Waals surface area contributed by atoms with Crippen LogP contribution in [-0.2, 0) is 9.59 Å². The quantitative estimate of drug-likeness (QED) is 0.188. The van der Waals surface area contributed by atoms with Crippen molar-refractivity contribution in [2.24, 2.45) is 0 Å². The number of fused-ring (bicyclic) bond motifs is 1. The fourth-order valence-corrected chi connectivity index (χ4v) is 5.91. The van der Waals surface area contributed by atoms with Gasteiger partial charge in [-0.05, 0) is 55.0 Å². The smallest absolute Gasteiger partial charge is 0.301 e. The summed E-state index contributed by atoms with van der Waals surface area (Å²) in [5.74, 6) is -1.23. The second-order valence-corrected chi connectivity index (χ2v) is 10.8. The number of carbonyl (C=O) groups is 2. The molecule has 1 amide bonds. The third-order valence-corrected chi connectivity index (χ3v) is 7.71. The molecule has 1 atom stereocenters. The second kappa shape index (κ2) is 9.03. The van der Waals surface area contributed by atoms with Gasteiger partial charge in [0.25, 0.3) is 5.78 Å². The summed E-state index contributed by atoms with van der Waals surface area (Å²) in [4.78, 5) is 33.2. The molecule has 6 heteroatoms. The van der Waals surface area contributed by atoms with Gasteiger partial charge in [0.05, 0.1) is 21.8 Å². The van der Waals surface area contributed by atoms with Crippen LogP contribution in [0.3, 0.4) is 0 Å². The first-order valence-corrected chi connectivity index (χ1v) is 12.8. The van der Waals surface area contributed by atoms with Crippen LogP contribution < -0.4 is 4.90 Å². The van der Waals surface area contributed by atoms with Crippen LogP contribution in [-0.4, -0.2) is 21.8 Å². The molecule has 1 saturated heterocycles. The maximum atomic E-state index is 13.5. The number of carbonyl (C=O) groups excluding carboxylic acids is 2. The SMILES string of the molecule is Cc1ccc(C(O)=C2C(=O)C(=O)N(c3nc4c(C)cc(C)cc4s3)C2c2ccc(C(C)C)cc2)cc1. The van der Waals surface area contributed by atoms with Crippen molar-refractivity contribution >= 4 is 44.1 Å². The van der Waals surface area contributed by atoms with E-state index in [4.69, 9.17) is 4.98 Å². The zero-order valence-electron chi connectivity index (χ0n) is 21.0. The average Bonchev–Trinajstić information content (AvgIpc) is 3.38. The number of rotatable bonds is 4. The summed E-state index contributed by atoms with van der Waals surface area (Å²) in [5.41, 5.74) is 6.45. The van der Waals surface area contributed by atoms with Crippen LogP contribution in [0.25, 0.3) is 16.0 Å². The van der Waals surface area contributed by atoms with Gasteiger partial charge in [-0.25, -0.2) is 4.98 Å². The number of hydrogen-bond donors (Lipinski definition) is 1. The van der Waals surface area contributed by atoms with Gasteiger partial charge in [-0.2, -0.15) is 0 Å². The number of aryl methyl sites for hydroxylation is 3. The van der Waals surface area contributed by atoms with Gasteiger partial charge in [-0.1, -0.05) is 85.3 Å². The lowest BCUT2D eigenvalue weighted by atomic mass is 9.93. The minimum atomic E-state index is -0.783. The van der Waals surface area contributed by atoms with Crippen molar-refractivity contribution in [3.63, 3.8) is 0 Å². The highest BCUT2D eigenvalue weighted by molar-refractivity contribution is 7.22. The van der Waals surface area contributed by atoms with Gasteiger partial charge in [0.15, 0.2) is 5.13 Å².